The number of anilines is 1. The van der Waals surface area contributed by atoms with Crippen molar-refractivity contribution in [2.75, 3.05) is 18.5 Å². The monoisotopic (exact) mass is 424 g/mol. The summed E-state index contributed by atoms with van der Waals surface area (Å²) in [6.07, 6.45) is 3.88. The molecule has 0 radical (unpaired) electrons. The Morgan fingerprint density at radius 1 is 1.13 bits per heavy atom. The SMILES string of the molecule is O=C(COc1ccccc1)Nc1cnn(CC(=O)N2CCc3c(Cl)cccc3C2)c1. The molecular formula is C22H21ClN4O3. The lowest BCUT2D eigenvalue weighted by Gasteiger charge is -2.29. The Balaban J connectivity index is 1.29. The van der Waals surface area contributed by atoms with E-state index in [2.05, 4.69) is 10.4 Å². The van der Waals surface area contributed by atoms with E-state index in [4.69, 9.17) is 16.3 Å². The van der Waals surface area contributed by atoms with E-state index in [1.54, 1.807) is 23.2 Å². The highest BCUT2D eigenvalue weighted by Gasteiger charge is 2.22. The fourth-order valence-corrected chi connectivity index (χ4v) is 3.68. The summed E-state index contributed by atoms with van der Waals surface area (Å²) in [5.74, 6) is 0.293. The van der Waals surface area contributed by atoms with Gasteiger partial charge in [0, 0.05) is 24.3 Å². The molecule has 4 rings (SSSR count). The van der Waals surface area contributed by atoms with Crippen LogP contribution in [0.4, 0.5) is 5.69 Å². The number of amides is 2. The van der Waals surface area contributed by atoms with Gasteiger partial charge in [0.1, 0.15) is 12.3 Å². The number of aromatic nitrogens is 2. The molecule has 0 spiro atoms. The third kappa shape index (κ3) is 4.80. The van der Waals surface area contributed by atoms with Gasteiger partial charge in [-0.3, -0.25) is 14.3 Å². The van der Waals surface area contributed by atoms with E-state index in [1.807, 2.05) is 36.4 Å². The minimum atomic E-state index is -0.297. The quantitative estimate of drug-likeness (QED) is 0.659. The molecule has 154 valence electrons. The molecule has 7 nitrogen and oxygen atoms in total. The van der Waals surface area contributed by atoms with E-state index >= 15 is 0 Å². The highest BCUT2D eigenvalue weighted by atomic mass is 35.5. The largest absolute Gasteiger partial charge is 0.484 e. The van der Waals surface area contributed by atoms with E-state index in [0.29, 0.717) is 24.5 Å². The van der Waals surface area contributed by atoms with Crippen LogP contribution >= 0.6 is 11.6 Å². The summed E-state index contributed by atoms with van der Waals surface area (Å²) in [6.45, 7) is 1.16. The van der Waals surface area contributed by atoms with E-state index in [9.17, 15) is 9.59 Å². The third-order valence-electron chi connectivity index (χ3n) is 4.89. The van der Waals surface area contributed by atoms with Crippen LogP contribution in [0.2, 0.25) is 5.02 Å². The molecule has 2 heterocycles. The average molecular weight is 425 g/mol. The van der Waals surface area contributed by atoms with Crippen LogP contribution in [0.1, 0.15) is 11.1 Å². The summed E-state index contributed by atoms with van der Waals surface area (Å²) in [5, 5.41) is 7.64. The summed E-state index contributed by atoms with van der Waals surface area (Å²) in [5.41, 5.74) is 2.71. The van der Waals surface area contributed by atoms with E-state index in [1.165, 1.54) is 10.9 Å². The number of ether oxygens (including phenoxy) is 1. The van der Waals surface area contributed by atoms with Gasteiger partial charge in [-0.1, -0.05) is 41.9 Å². The zero-order chi connectivity index (χ0) is 20.9. The van der Waals surface area contributed by atoms with Gasteiger partial charge in [0.2, 0.25) is 5.91 Å². The van der Waals surface area contributed by atoms with Crippen LogP contribution in [0.3, 0.4) is 0 Å². The molecule has 0 atom stereocenters. The van der Waals surface area contributed by atoms with Gasteiger partial charge in [-0.15, -0.1) is 0 Å². The smallest absolute Gasteiger partial charge is 0.262 e. The predicted octanol–water partition coefficient (Wildman–Crippen LogP) is 3.14. The number of hydrogen-bond acceptors (Lipinski definition) is 4. The molecule has 2 amide bonds. The second-order valence-electron chi connectivity index (χ2n) is 7.02. The lowest BCUT2D eigenvalue weighted by molar-refractivity contribution is -0.133. The molecule has 0 unspecified atom stereocenters. The molecule has 0 aliphatic carbocycles. The Labute approximate surface area is 179 Å². The summed E-state index contributed by atoms with van der Waals surface area (Å²) >= 11 is 6.24. The molecule has 1 N–H and O–H groups in total. The molecule has 8 heteroatoms. The Hall–Kier alpha value is -3.32. The molecule has 1 aliphatic heterocycles. The molecule has 2 aromatic carbocycles. The number of hydrogen-bond donors (Lipinski definition) is 1. The Morgan fingerprint density at radius 2 is 1.97 bits per heavy atom. The Kier molecular flexibility index (Phi) is 5.99. The fourth-order valence-electron chi connectivity index (χ4n) is 3.39. The van der Waals surface area contributed by atoms with Crippen molar-refractivity contribution in [3.05, 3.63) is 77.1 Å². The van der Waals surface area contributed by atoms with Crippen molar-refractivity contribution >= 4 is 29.1 Å². The van der Waals surface area contributed by atoms with Crippen molar-refractivity contribution in [3.8, 4) is 5.75 Å². The lowest BCUT2D eigenvalue weighted by atomic mass is 10.00. The summed E-state index contributed by atoms with van der Waals surface area (Å²) < 4.78 is 6.94. The van der Waals surface area contributed by atoms with Gasteiger partial charge < -0.3 is 15.0 Å². The second-order valence-corrected chi connectivity index (χ2v) is 7.43. The van der Waals surface area contributed by atoms with Crippen molar-refractivity contribution in [1.29, 1.82) is 0 Å². The van der Waals surface area contributed by atoms with Crippen LogP contribution in [0.5, 0.6) is 5.75 Å². The van der Waals surface area contributed by atoms with Crippen LogP contribution in [0.15, 0.2) is 60.9 Å². The van der Waals surface area contributed by atoms with Gasteiger partial charge in [0.15, 0.2) is 6.61 Å². The highest BCUT2D eigenvalue weighted by Crippen LogP contribution is 2.26. The molecule has 1 aromatic heterocycles. The Morgan fingerprint density at radius 3 is 2.80 bits per heavy atom. The predicted molar refractivity (Wildman–Crippen MR) is 113 cm³/mol. The third-order valence-corrected chi connectivity index (χ3v) is 5.24. The molecule has 1 aliphatic rings. The van der Waals surface area contributed by atoms with Crippen molar-refractivity contribution in [3.63, 3.8) is 0 Å². The van der Waals surface area contributed by atoms with Crippen LogP contribution < -0.4 is 10.1 Å². The van der Waals surface area contributed by atoms with Crippen LogP contribution in [-0.2, 0) is 29.1 Å². The number of para-hydroxylation sites is 1. The van der Waals surface area contributed by atoms with Gasteiger partial charge in [-0.2, -0.15) is 5.10 Å². The first kappa shape index (κ1) is 20.0. The topological polar surface area (TPSA) is 76.5 Å². The van der Waals surface area contributed by atoms with Crippen LogP contribution in [0, 0.1) is 0 Å². The average Bonchev–Trinajstić information content (AvgIpc) is 3.19. The molecule has 0 saturated carbocycles. The first-order chi connectivity index (χ1) is 14.6. The van der Waals surface area contributed by atoms with Crippen LogP contribution in [0.25, 0.3) is 0 Å². The van der Waals surface area contributed by atoms with Gasteiger partial charge in [-0.05, 0) is 35.7 Å². The van der Waals surface area contributed by atoms with E-state index < -0.39 is 0 Å². The number of halogens is 1. The molecular weight excluding hydrogens is 404 g/mol. The number of fused-ring (bicyclic) bond motifs is 1. The number of nitrogens with one attached hydrogen (secondary N) is 1. The summed E-state index contributed by atoms with van der Waals surface area (Å²) in [4.78, 5) is 26.5. The van der Waals surface area contributed by atoms with Gasteiger partial charge in [0.25, 0.3) is 5.91 Å². The number of benzene rings is 2. The normalized spacial score (nSPS) is 12.9. The molecule has 0 saturated heterocycles. The summed E-state index contributed by atoms with van der Waals surface area (Å²) in [6, 6.07) is 14.9. The maximum Gasteiger partial charge on any atom is 0.262 e. The van der Waals surface area contributed by atoms with E-state index in [0.717, 1.165) is 22.6 Å². The zero-order valence-electron chi connectivity index (χ0n) is 16.3. The van der Waals surface area contributed by atoms with Crippen molar-refractivity contribution < 1.29 is 14.3 Å². The van der Waals surface area contributed by atoms with Crippen molar-refractivity contribution in [2.45, 2.75) is 19.5 Å². The molecule has 30 heavy (non-hydrogen) atoms. The number of carbonyl (C=O) groups is 2. The maximum atomic E-state index is 12.7. The number of carbonyl (C=O) groups excluding carboxylic acids is 2. The number of nitrogens with zero attached hydrogens (tertiary/aromatic N) is 3. The fraction of sp³-hybridized carbons (Fsp3) is 0.227. The highest BCUT2D eigenvalue weighted by molar-refractivity contribution is 6.31. The van der Waals surface area contributed by atoms with Gasteiger partial charge in [0.05, 0.1) is 11.9 Å². The second kappa shape index (κ2) is 9.00. The number of rotatable bonds is 6. The van der Waals surface area contributed by atoms with Crippen molar-refractivity contribution in [2.24, 2.45) is 0 Å². The lowest BCUT2D eigenvalue weighted by Crippen LogP contribution is -2.38. The minimum absolute atomic E-state index is 0.0333. The summed E-state index contributed by atoms with van der Waals surface area (Å²) in [7, 11) is 0. The first-order valence-corrected chi connectivity index (χ1v) is 10.0. The Bertz CT molecular complexity index is 1050. The van der Waals surface area contributed by atoms with Gasteiger partial charge in [-0.25, -0.2) is 0 Å². The maximum absolute atomic E-state index is 12.7. The van der Waals surface area contributed by atoms with Crippen molar-refractivity contribution in [1.82, 2.24) is 14.7 Å². The molecule has 3 aromatic rings. The molecule has 0 fully saturated rings. The van der Waals surface area contributed by atoms with Crippen LogP contribution in [-0.4, -0.2) is 39.6 Å². The van der Waals surface area contributed by atoms with Gasteiger partial charge >= 0.3 is 0 Å². The van der Waals surface area contributed by atoms with E-state index in [-0.39, 0.29) is 25.0 Å². The zero-order valence-corrected chi connectivity index (χ0v) is 17.0. The first-order valence-electron chi connectivity index (χ1n) is 9.62. The standard InChI is InChI=1S/C22H21ClN4O3/c23-20-8-4-5-16-12-26(10-9-19(16)20)22(29)14-27-13-17(11-24-27)25-21(28)15-30-18-6-2-1-3-7-18/h1-8,11,13H,9-10,12,14-15H2,(H,25,28). The molecule has 0 bridgehead atoms. The minimum Gasteiger partial charge on any atom is -0.484 e.